The van der Waals surface area contributed by atoms with Crippen molar-refractivity contribution >= 4 is 17.8 Å². The number of aromatic nitrogens is 2. The number of carbonyl (C=O) groups excluding carboxylic acids is 3. The van der Waals surface area contributed by atoms with Gasteiger partial charge in [-0.2, -0.15) is 0 Å². The van der Waals surface area contributed by atoms with Gasteiger partial charge in [0.05, 0.1) is 30.3 Å². The van der Waals surface area contributed by atoms with Gasteiger partial charge in [0.1, 0.15) is 5.69 Å². The highest BCUT2D eigenvalue weighted by atomic mass is 16.5. The predicted molar refractivity (Wildman–Crippen MR) is 111 cm³/mol. The molecule has 2 N–H and O–H groups in total. The van der Waals surface area contributed by atoms with E-state index in [2.05, 4.69) is 15.3 Å². The maximum atomic E-state index is 13.1. The van der Waals surface area contributed by atoms with Gasteiger partial charge in [-0.05, 0) is 51.3 Å². The zero-order chi connectivity index (χ0) is 21.7. The smallest absolute Gasteiger partial charge is 0.340 e. The highest BCUT2D eigenvalue weighted by Gasteiger charge is 2.31. The van der Waals surface area contributed by atoms with E-state index < -0.39 is 5.97 Å². The van der Waals surface area contributed by atoms with Gasteiger partial charge in [0, 0.05) is 25.0 Å². The van der Waals surface area contributed by atoms with E-state index in [1.807, 2.05) is 18.2 Å². The van der Waals surface area contributed by atoms with Crippen LogP contribution in [0.3, 0.4) is 0 Å². The molecule has 0 bridgehead atoms. The lowest BCUT2D eigenvalue weighted by atomic mass is 9.96. The predicted octanol–water partition coefficient (Wildman–Crippen LogP) is 2.37. The molecule has 1 aliphatic rings. The third-order valence-electron chi connectivity index (χ3n) is 5.38. The monoisotopic (exact) mass is 412 g/mol. The van der Waals surface area contributed by atoms with E-state index in [0.717, 1.165) is 18.5 Å². The maximum absolute atomic E-state index is 13.1. The van der Waals surface area contributed by atoms with Gasteiger partial charge < -0.3 is 19.9 Å². The van der Waals surface area contributed by atoms with E-state index in [0.29, 0.717) is 42.1 Å². The lowest BCUT2D eigenvalue weighted by Crippen LogP contribution is -2.45. The number of nitrogens with one attached hydrogen (secondary N) is 2. The summed E-state index contributed by atoms with van der Waals surface area (Å²) in [4.78, 5) is 46.9. The molecular formula is C22H28N4O4. The van der Waals surface area contributed by atoms with Crippen molar-refractivity contribution in [2.24, 2.45) is 5.92 Å². The Kier molecular flexibility index (Phi) is 6.87. The third-order valence-corrected chi connectivity index (χ3v) is 5.38. The number of aromatic amines is 1. The first-order chi connectivity index (χ1) is 14.4. The van der Waals surface area contributed by atoms with Crippen LogP contribution in [0.5, 0.6) is 0 Å². The van der Waals surface area contributed by atoms with Crippen LogP contribution in [0.1, 0.15) is 57.6 Å². The number of carbonyl (C=O) groups is 3. The summed E-state index contributed by atoms with van der Waals surface area (Å²) in [5.74, 6) is -0.987. The molecule has 8 nitrogen and oxygen atoms in total. The van der Waals surface area contributed by atoms with Crippen LogP contribution in [0.25, 0.3) is 0 Å². The molecular weight excluding hydrogens is 384 g/mol. The van der Waals surface area contributed by atoms with Gasteiger partial charge in [0.25, 0.3) is 5.91 Å². The summed E-state index contributed by atoms with van der Waals surface area (Å²) in [7, 11) is 0. The van der Waals surface area contributed by atoms with Crippen molar-refractivity contribution in [3.63, 3.8) is 0 Å². The van der Waals surface area contributed by atoms with Gasteiger partial charge in [0.15, 0.2) is 0 Å². The molecule has 160 valence electrons. The first-order valence-corrected chi connectivity index (χ1v) is 10.3. The number of amides is 2. The summed E-state index contributed by atoms with van der Waals surface area (Å²) in [6.07, 6.45) is 3.17. The van der Waals surface area contributed by atoms with Crippen molar-refractivity contribution in [2.75, 3.05) is 19.7 Å². The number of esters is 1. The summed E-state index contributed by atoms with van der Waals surface area (Å²) in [5, 5.41) is 2.91. The van der Waals surface area contributed by atoms with E-state index in [1.165, 1.54) is 0 Å². The Balaban J connectivity index is 1.66. The number of likely N-dealkylation sites (tertiary alicyclic amines) is 1. The molecule has 2 aromatic heterocycles. The van der Waals surface area contributed by atoms with E-state index >= 15 is 0 Å². The quantitative estimate of drug-likeness (QED) is 0.709. The fraction of sp³-hybridized carbons (Fsp3) is 0.455. The molecule has 8 heteroatoms. The maximum Gasteiger partial charge on any atom is 0.340 e. The summed E-state index contributed by atoms with van der Waals surface area (Å²) < 4.78 is 5.10. The van der Waals surface area contributed by atoms with Crippen molar-refractivity contribution in [1.82, 2.24) is 20.2 Å². The molecule has 3 rings (SSSR count). The minimum Gasteiger partial charge on any atom is -0.462 e. The largest absolute Gasteiger partial charge is 0.462 e. The fourth-order valence-electron chi connectivity index (χ4n) is 3.83. The van der Waals surface area contributed by atoms with Crippen molar-refractivity contribution in [1.29, 1.82) is 0 Å². The van der Waals surface area contributed by atoms with Crippen LogP contribution < -0.4 is 5.32 Å². The molecule has 3 heterocycles. The molecule has 2 aromatic rings. The number of hydrogen-bond donors (Lipinski definition) is 2. The van der Waals surface area contributed by atoms with E-state index in [-0.39, 0.29) is 24.3 Å². The minimum atomic E-state index is -0.437. The first kappa shape index (κ1) is 21.5. The zero-order valence-electron chi connectivity index (χ0n) is 17.7. The Bertz CT molecular complexity index is 923. The van der Waals surface area contributed by atoms with E-state index in [9.17, 15) is 14.4 Å². The Hall–Kier alpha value is -3.16. The average Bonchev–Trinajstić information content (AvgIpc) is 3.06. The van der Waals surface area contributed by atoms with Crippen LogP contribution in [0.2, 0.25) is 0 Å². The Labute approximate surface area is 176 Å². The summed E-state index contributed by atoms with van der Waals surface area (Å²) in [6.45, 7) is 6.79. The summed E-state index contributed by atoms with van der Waals surface area (Å²) in [5.41, 5.74) is 2.76. The molecule has 0 aliphatic carbocycles. The number of nitrogens with zero attached hydrogens (tertiary/aromatic N) is 2. The standard InChI is InChI=1S/C22H28N4O4/c1-4-30-22(29)18-14(2)19(25-15(18)3)21(28)26-11-7-8-16(13-26)20(27)24-12-17-9-5-6-10-23-17/h5-6,9-10,16,25H,4,7-8,11-13H2,1-3H3,(H,24,27)/t16-/m0/s1. The van der Waals surface area contributed by atoms with Gasteiger partial charge >= 0.3 is 5.97 Å². The molecule has 0 radical (unpaired) electrons. The molecule has 0 unspecified atom stereocenters. The topological polar surface area (TPSA) is 104 Å². The second-order valence-electron chi connectivity index (χ2n) is 7.47. The lowest BCUT2D eigenvalue weighted by Gasteiger charge is -2.32. The van der Waals surface area contributed by atoms with E-state index in [1.54, 1.807) is 31.9 Å². The fourth-order valence-corrected chi connectivity index (χ4v) is 3.83. The van der Waals surface area contributed by atoms with Gasteiger partial charge in [-0.1, -0.05) is 6.07 Å². The van der Waals surface area contributed by atoms with Crippen molar-refractivity contribution in [3.05, 3.63) is 52.6 Å². The molecule has 1 fully saturated rings. The molecule has 0 aromatic carbocycles. The highest BCUT2D eigenvalue weighted by Crippen LogP contribution is 2.23. The van der Waals surface area contributed by atoms with Crippen LogP contribution >= 0.6 is 0 Å². The van der Waals surface area contributed by atoms with Crippen molar-refractivity contribution in [3.8, 4) is 0 Å². The Morgan fingerprint density at radius 2 is 2.10 bits per heavy atom. The normalized spacial score (nSPS) is 16.2. The van der Waals surface area contributed by atoms with Crippen molar-refractivity contribution < 1.29 is 19.1 Å². The van der Waals surface area contributed by atoms with Crippen LogP contribution in [-0.4, -0.2) is 52.3 Å². The number of aryl methyl sites for hydroxylation is 1. The van der Waals surface area contributed by atoms with Crippen LogP contribution in [0.15, 0.2) is 24.4 Å². The molecule has 1 saturated heterocycles. The highest BCUT2D eigenvalue weighted by molar-refractivity contribution is 6.00. The van der Waals surface area contributed by atoms with Gasteiger partial charge in [-0.3, -0.25) is 14.6 Å². The molecule has 2 amide bonds. The second-order valence-corrected chi connectivity index (χ2v) is 7.47. The van der Waals surface area contributed by atoms with Crippen LogP contribution in [0.4, 0.5) is 0 Å². The molecule has 1 atom stereocenters. The van der Waals surface area contributed by atoms with Crippen LogP contribution in [0, 0.1) is 19.8 Å². The first-order valence-electron chi connectivity index (χ1n) is 10.3. The Morgan fingerprint density at radius 3 is 2.80 bits per heavy atom. The second kappa shape index (κ2) is 9.56. The number of rotatable bonds is 6. The number of pyridine rings is 1. The minimum absolute atomic E-state index is 0.0789. The van der Waals surface area contributed by atoms with Gasteiger partial charge in [0.2, 0.25) is 5.91 Å². The third kappa shape index (κ3) is 4.69. The van der Waals surface area contributed by atoms with Crippen LogP contribution in [-0.2, 0) is 16.1 Å². The lowest BCUT2D eigenvalue weighted by molar-refractivity contribution is -0.126. The molecule has 30 heavy (non-hydrogen) atoms. The van der Waals surface area contributed by atoms with E-state index in [4.69, 9.17) is 4.74 Å². The average molecular weight is 412 g/mol. The SMILES string of the molecule is CCOC(=O)c1c(C)[nH]c(C(=O)N2CCC[C@H](C(=O)NCc3ccccn3)C2)c1C. The number of ether oxygens (including phenoxy) is 1. The van der Waals surface area contributed by atoms with Crippen molar-refractivity contribution in [2.45, 2.75) is 40.2 Å². The molecule has 0 saturated carbocycles. The number of H-pyrrole nitrogens is 1. The van der Waals surface area contributed by atoms with Gasteiger partial charge in [-0.25, -0.2) is 4.79 Å². The summed E-state index contributed by atoms with van der Waals surface area (Å²) >= 11 is 0. The molecule has 1 aliphatic heterocycles. The number of hydrogen-bond acceptors (Lipinski definition) is 5. The summed E-state index contributed by atoms with van der Waals surface area (Å²) in [6, 6.07) is 5.56. The molecule has 0 spiro atoms. The zero-order valence-corrected chi connectivity index (χ0v) is 17.7. The number of piperidine rings is 1. The van der Waals surface area contributed by atoms with Gasteiger partial charge in [-0.15, -0.1) is 0 Å². The Morgan fingerprint density at radius 1 is 1.30 bits per heavy atom.